The summed E-state index contributed by atoms with van der Waals surface area (Å²) in [7, 11) is -3.53. The van der Waals surface area contributed by atoms with Gasteiger partial charge in [-0.1, -0.05) is 22.7 Å². The van der Waals surface area contributed by atoms with Crippen LogP contribution in [0, 0.1) is 6.92 Å². The molecule has 1 heterocycles. The normalized spacial score (nSPS) is 10.8. The molecule has 0 spiro atoms. The third-order valence-corrected chi connectivity index (χ3v) is 3.17. The van der Waals surface area contributed by atoms with Crippen LogP contribution in [0.3, 0.4) is 0 Å². The summed E-state index contributed by atoms with van der Waals surface area (Å²) in [4.78, 5) is 27.9. The molecule has 0 atom stereocenters. The summed E-state index contributed by atoms with van der Waals surface area (Å²) < 4.78 is 36.9. The number of nitrogens with one attached hydrogen (secondary N) is 1. The Kier molecular flexibility index (Phi) is 5.11. The number of benzene rings is 1. The van der Waals surface area contributed by atoms with Gasteiger partial charge in [0.05, 0.1) is 12.8 Å². The number of anilines is 2. The van der Waals surface area contributed by atoms with E-state index in [2.05, 4.69) is 25.1 Å². The monoisotopic (exact) mass is 355 g/mol. The second-order valence-electron chi connectivity index (χ2n) is 4.24. The van der Waals surface area contributed by atoms with Gasteiger partial charge in [-0.2, -0.15) is 23.4 Å². The fourth-order valence-electron chi connectivity index (χ4n) is 1.58. The van der Waals surface area contributed by atoms with Gasteiger partial charge in [0.2, 0.25) is 5.95 Å². The minimum Gasteiger partial charge on any atom is -0.467 e. The molecule has 0 bridgehead atoms. The van der Waals surface area contributed by atoms with Gasteiger partial charge in [0.1, 0.15) is 5.82 Å². The predicted molar refractivity (Wildman–Crippen MR) is 81.7 cm³/mol. The average Bonchev–Trinajstić information content (AvgIpc) is 2.51. The number of aromatic nitrogens is 3. The number of carbonyl (C=O) groups is 1. The van der Waals surface area contributed by atoms with E-state index in [1.807, 2.05) is 0 Å². The fourth-order valence-corrected chi connectivity index (χ4v) is 2.13. The Bertz CT molecular complexity index is 829. The zero-order valence-corrected chi connectivity index (χ0v) is 13.4. The van der Waals surface area contributed by atoms with Crippen LogP contribution in [0.15, 0.2) is 30.3 Å². The highest BCUT2D eigenvalue weighted by Crippen LogP contribution is 2.17. The van der Waals surface area contributed by atoms with Crippen molar-refractivity contribution in [3.63, 3.8) is 0 Å². The zero-order chi connectivity index (χ0) is 17.7. The van der Waals surface area contributed by atoms with Crippen LogP contribution in [0.4, 0.5) is 16.4 Å². The number of ether oxygens (including phenoxy) is 1. The van der Waals surface area contributed by atoms with Crippen LogP contribution in [-0.2, 0) is 15.1 Å². The van der Waals surface area contributed by atoms with Crippen molar-refractivity contribution in [2.24, 2.45) is 0 Å². The Balaban J connectivity index is 2.19. The summed E-state index contributed by atoms with van der Waals surface area (Å²) in [6.07, 6.45) is -1.25. The van der Waals surface area contributed by atoms with Crippen molar-refractivity contribution in [3.05, 3.63) is 36.2 Å². The lowest BCUT2D eigenvalue weighted by Crippen LogP contribution is -2.35. The molecule has 0 aliphatic carbocycles. The van der Waals surface area contributed by atoms with Crippen LogP contribution in [0.2, 0.25) is 0 Å². The maximum absolute atomic E-state index is 11.9. The lowest BCUT2D eigenvalue weighted by atomic mass is 10.3. The van der Waals surface area contributed by atoms with Crippen molar-refractivity contribution in [1.82, 2.24) is 15.0 Å². The highest BCUT2D eigenvalue weighted by molar-refractivity contribution is 7.87. The summed E-state index contributed by atoms with van der Waals surface area (Å²) in [5.74, 6) is 0.0412. The largest absolute Gasteiger partial charge is 0.467 e. The molecule has 0 saturated heterocycles. The molecule has 0 aliphatic rings. The molecule has 0 saturated carbocycles. The van der Waals surface area contributed by atoms with Gasteiger partial charge >= 0.3 is 22.4 Å². The Labute approximate surface area is 137 Å². The van der Waals surface area contributed by atoms with Crippen molar-refractivity contribution >= 4 is 28.0 Å². The van der Waals surface area contributed by atoms with Gasteiger partial charge in [-0.3, -0.25) is 9.87 Å². The molecule has 0 unspecified atom stereocenters. The van der Waals surface area contributed by atoms with Crippen molar-refractivity contribution in [2.45, 2.75) is 6.92 Å². The number of rotatable bonds is 5. The first-order valence-electron chi connectivity index (χ1n) is 6.38. The Morgan fingerprint density at radius 3 is 2.46 bits per heavy atom. The second-order valence-corrected chi connectivity index (χ2v) is 5.46. The van der Waals surface area contributed by atoms with Crippen LogP contribution < -0.4 is 14.5 Å². The first kappa shape index (κ1) is 17.4. The number of amides is 1. The first-order valence-corrected chi connectivity index (χ1v) is 7.77. The van der Waals surface area contributed by atoms with Crippen LogP contribution in [-0.4, -0.2) is 41.1 Å². The minimum atomic E-state index is -4.85. The third-order valence-electron chi connectivity index (χ3n) is 2.47. The molecular formula is C12H13N5O6S. The van der Waals surface area contributed by atoms with Crippen molar-refractivity contribution in [2.75, 3.05) is 16.9 Å². The Hall–Kier alpha value is -2.99. The third kappa shape index (κ3) is 4.50. The van der Waals surface area contributed by atoms with Gasteiger partial charge in [-0.25, -0.2) is 4.79 Å². The van der Waals surface area contributed by atoms with Crippen molar-refractivity contribution in [3.8, 4) is 6.01 Å². The molecule has 12 heteroatoms. The molecule has 1 aromatic carbocycles. The zero-order valence-electron chi connectivity index (χ0n) is 12.6. The molecular weight excluding hydrogens is 342 g/mol. The first-order chi connectivity index (χ1) is 11.3. The van der Waals surface area contributed by atoms with Crippen LogP contribution in [0.25, 0.3) is 0 Å². The molecule has 1 aromatic heterocycles. The Morgan fingerprint density at radius 1 is 1.21 bits per heavy atom. The number of hydrogen-bond acceptors (Lipinski definition) is 8. The van der Waals surface area contributed by atoms with Crippen molar-refractivity contribution < 1.29 is 27.3 Å². The molecule has 2 aromatic rings. The van der Waals surface area contributed by atoms with Crippen molar-refractivity contribution in [1.29, 1.82) is 0 Å². The van der Waals surface area contributed by atoms with Gasteiger partial charge < -0.3 is 9.57 Å². The van der Waals surface area contributed by atoms with E-state index < -0.39 is 16.4 Å². The van der Waals surface area contributed by atoms with E-state index in [1.165, 1.54) is 38.3 Å². The van der Waals surface area contributed by atoms with E-state index in [0.29, 0.717) is 0 Å². The predicted octanol–water partition coefficient (Wildman–Crippen LogP) is 0.962. The number of aryl methyl sites for hydroxylation is 1. The molecule has 2 rings (SSSR count). The molecule has 0 aliphatic heterocycles. The maximum atomic E-state index is 11.9. The summed E-state index contributed by atoms with van der Waals surface area (Å²) in [5, 5.41) is 2.11. The molecule has 0 radical (unpaired) electrons. The molecule has 24 heavy (non-hydrogen) atoms. The average molecular weight is 355 g/mol. The standard InChI is InChI=1S/C12H13N5O6S/c1-8-13-10(15-11(14-8)22-2)16-12(18)23-17(24(19,20)21)9-6-4-3-5-7-9/h3-7H,1-2H3,(H,19,20,21)(H,13,14,15,16,18). The van der Waals surface area contributed by atoms with E-state index in [0.717, 1.165) is 0 Å². The van der Waals surface area contributed by atoms with Gasteiger partial charge in [-0.15, -0.1) is 0 Å². The maximum Gasteiger partial charge on any atom is 0.439 e. The van der Waals surface area contributed by atoms with Gasteiger partial charge in [-0.05, 0) is 19.1 Å². The molecule has 2 N–H and O–H groups in total. The lowest BCUT2D eigenvalue weighted by molar-refractivity contribution is 0.164. The van der Waals surface area contributed by atoms with E-state index >= 15 is 0 Å². The van der Waals surface area contributed by atoms with Gasteiger partial charge in [0.25, 0.3) is 0 Å². The minimum absolute atomic E-state index is 0.0486. The van der Waals surface area contributed by atoms with E-state index in [-0.39, 0.29) is 27.9 Å². The number of nitrogens with zero attached hydrogens (tertiary/aromatic N) is 4. The Morgan fingerprint density at radius 2 is 1.88 bits per heavy atom. The van der Waals surface area contributed by atoms with E-state index in [1.54, 1.807) is 6.07 Å². The molecule has 11 nitrogen and oxygen atoms in total. The molecule has 128 valence electrons. The summed E-state index contributed by atoms with van der Waals surface area (Å²) >= 11 is 0. The van der Waals surface area contributed by atoms with Crippen LogP contribution >= 0.6 is 0 Å². The number of hydrogen-bond donors (Lipinski definition) is 2. The smallest absolute Gasteiger partial charge is 0.439 e. The van der Waals surface area contributed by atoms with Gasteiger partial charge in [0.15, 0.2) is 0 Å². The lowest BCUT2D eigenvalue weighted by Gasteiger charge is -2.18. The van der Waals surface area contributed by atoms with Crippen LogP contribution in [0.1, 0.15) is 5.82 Å². The molecule has 0 fully saturated rings. The SMILES string of the molecule is COc1nc(C)nc(NC(=O)ON(c2ccccc2)S(=O)(=O)O)n1. The summed E-state index contributed by atoms with van der Waals surface area (Å²) in [6, 6.07) is 7.19. The highest BCUT2D eigenvalue weighted by atomic mass is 32.2. The number of para-hydroxylation sites is 1. The second kappa shape index (κ2) is 7.06. The van der Waals surface area contributed by atoms with E-state index in [4.69, 9.17) is 4.74 Å². The number of methoxy groups -OCH3 is 1. The fraction of sp³-hybridized carbons (Fsp3) is 0.167. The summed E-state index contributed by atoms with van der Waals surface area (Å²) in [5.41, 5.74) is -0.0837. The van der Waals surface area contributed by atoms with Crippen LogP contribution in [0.5, 0.6) is 6.01 Å². The van der Waals surface area contributed by atoms with E-state index in [9.17, 15) is 17.8 Å². The van der Waals surface area contributed by atoms with Gasteiger partial charge in [0, 0.05) is 0 Å². The topological polar surface area (TPSA) is 144 Å². The highest BCUT2D eigenvalue weighted by Gasteiger charge is 2.25. The number of carbonyl (C=O) groups excluding carboxylic acids is 1. The molecule has 1 amide bonds. The quantitative estimate of drug-likeness (QED) is 0.592. The summed E-state index contributed by atoms with van der Waals surface area (Å²) in [6.45, 7) is 1.54.